The normalized spacial score (nSPS) is 15.7. The number of piperazine rings is 1. The molecule has 0 bridgehead atoms. The van der Waals surface area contributed by atoms with Crippen LogP contribution >= 0.6 is 0 Å². The van der Waals surface area contributed by atoms with Crippen LogP contribution in [0.4, 0.5) is 8.78 Å². The van der Waals surface area contributed by atoms with E-state index in [1.165, 1.54) is 15.9 Å². The first kappa shape index (κ1) is 18.6. The highest BCUT2D eigenvalue weighted by Gasteiger charge is 2.27. The molecule has 1 N–H and O–H groups in total. The summed E-state index contributed by atoms with van der Waals surface area (Å²) in [5, 5.41) is 2.64. The lowest BCUT2D eigenvalue weighted by Crippen LogP contribution is -2.54. The SMILES string of the molecule is C=CC(=O)N1CCN(CC(=O)N[C@H](C)c2ccc(F)c(F)c2)C(=O)C1. The summed E-state index contributed by atoms with van der Waals surface area (Å²) in [5.74, 6) is -3.04. The fourth-order valence-corrected chi connectivity index (χ4v) is 2.52. The Labute approximate surface area is 144 Å². The van der Waals surface area contributed by atoms with Crippen molar-refractivity contribution in [3.8, 4) is 0 Å². The molecule has 0 saturated carbocycles. The molecule has 1 aliphatic rings. The highest BCUT2D eigenvalue weighted by molar-refractivity contribution is 5.93. The standard InChI is InChI=1S/C17H19F2N3O3/c1-3-16(24)22-7-6-21(17(25)10-22)9-15(23)20-11(2)12-4-5-13(18)14(19)8-12/h3-5,8,11H,1,6-7,9-10H2,2H3,(H,20,23)/t11-/m1/s1. The molecule has 8 heteroatoms. The molecular weight excluding hydrogens is 332 g/mol. The number of carbonyl (C=O) groups is 3. The van der Waals surface area contributed by atoms with E-state index in [0.717, 1.165) is 18.2 Å². The number of nitrogens with zero attached hydrogens (tertiary/aromatic N) is 2. The zero-order valence-electron chi connectivity index (χ0n) is 13.8. The molecular formula is C17H19F2N3O3. The van der Waals surface area contributed by atoms with Crippen LogP contribution in [0.15, 0.2) is 30.9 Å². The van der Waals surface area contributed by atoms with Gasteiger partial charge in [-0.25, -0.2) is 8.78 Å². The Balaban J connectivity index is 1.89. The summed E-state index contributed by atoms with van der Waals surface area (Å²) in [5.41, 5.74) is 0.417. The van der Waals surface area contributed by atoms with Crippen LogP contribution in [0.25, 0.3) is 0 Å². The zero-order valence-corrected chi connectivity index (χ0v) is 13.8. The van der Waals surface area contributed by atoms with Crippen LogP contribution in [0.1, 0.15) is 18.5 Å². The smallest absolute Gasteiger partial charge is 0.246 e. The van der Waals surface area contributed by atoms with E-state index in [1.54, 1.807) is 6.92 Å². The van der Waals surface area contributed by atoms with Crippen molar-refractivity contribution in [1.29, 1.82) is 0 Å². The number of hydrogen-bond acceptors (Lipinski definition) is 3. The molecule has 0 radical (unpaired) electrons. The molecule has 1 aromatic rings. The van der Waals surface area contributed by atoms with Gasteiger partial charge in [0.25, 0.3) is 0 Å². The minimum atomic E-state index is -0.989. The average molecular weight is 351 g/mol. The molecule has 2 rings (SSSR count). The summed E-state index contributed by atoms with van der Waals surface area (Å²) in [4.78, 5) is 38.3. The second-order valence-electron chi connectivity index (χ2n) is 5.74. The van der Waals surface area contributed by atoms with Crippen LogP contribution in [0.2, 0.25) is 0 Å². The minimum Gasteiger partial charge on any atom is -0.348 e. The van der Waals surface area contributed by atoms with Gasteiger partial charge in [0.15, 0.2) is 11.6 Å². The van der Waals surface area contributed by atoms with Crippen molar-refractivity contribution in [2.24, 2.45) is 0 Å². The summed E-state index contributed by atoms with van der Waals surface area (Å²) < 4.78 is 26.2. The molecule has 25 heavy (non-hydrogen) atoms. The van der Waals surface area contributed by atoms with Crippen molar-refractivity contribution >= 4 is 17.7 Å². The van der Waals surface area contributed by atoms with E-state index >= 15 is 0 Å². The highest BCUT2D eigenvalue weighted by Crippen LogP contribution is 2.16. The van der Waals surface area contributed by atoms with Crippen LogP contribution in [-0.2, 0) is 14.4 Å². The first-order valence-electron chi connectivity index (χ1n) is 7.75. The van der Waals surface area contributed by atoms with Crippen LogP contribution in [0.3, 0.4) is 0 Å². The Morgan fingerprint density at radius 3 is 2.64 bits per heavy atom. The molecule has 134 valence electrons. The number of rotatable bonds is 5. The number of nitrogens with one attached hydrogen (secondary N) is 1. The number of carbonyl (C=O) groups excluding carboxylic acids is 3. The fourth-order valence-electron chi connectivity index (χ4n) is 2.52. The van der Waals surface area contributed by atoms with Crippen LogP contribution in [0, 0.1) is 11.6 Å². The van der Waals surface area contributed by atoms with Crippen LogP contribution in [-0.4, -0.2) is 53.7 Å². The lowest BCUT2D eigenvalue weighted by atomic mass is 10.1. The third-order valence-electron chi connectivity index (χ3n) is 3.96. The van der Waals surface area contributed by atoms with Gasteiger partial charge in [0, 0.05) is 13.1 Å². The Kier molecular flexibility index (Phi) is 5.84. The van der Waals surface area contributed by atoms with Crippen molar-refractivity contribution in [2.75, 3.05) is 26.2 Å². The molecule has 0 aromatic heterocycles. The average Bonchev–Trinajstić information content (AvgIpc) is 2.58. The third kappa shape index (κ3) is 4.62. The van der Waals surface area contributed by atoms with Gasteiger partial charge in [-0.2, -0.15) is 0 Å². The predicted molar refractivity (Wildman–Crippen MR) is 86.3 cm³/mol. The second kappa shape index (κ2) is 7.87. The second-order valence-corrected chi connectivity index (χ2v) is 5.74. The lowest BCUT2D eigenvalue weighted by Gasteiger charge is -2.33. The maximum Gasteiger partial charge on any atom is 0.246 e. The van der Waals surface area contributed by atoms with Gasteiger partial charge in [-0.1, -0.05) is 12.6 Å². The van der Waals surface area contributed by atoms with Crippen molar-refractivity contribution < 1.29 is 23.2 Å². The first-order chi connectivity index (χ1) is 11.8. The van der Waals surface area contributed by atoms with E-state index in [4.69, 9.17) is 0 Å². The molecule has 1 fully saturated rings. The van der Waals surface area contributed by atoms with E-state index < -0.39 is 23.6 Å². The molecule has 0 aliphatic carbocycles. The highest BCUT2D eigenvalue weighted by atomic mass is 19.2. The van der Waals surface area contributed by atoms with Crippen molar-refractivity contribution in [2.45, 2.75) is 13.0 Å². The summed E-state index contributed by atoms with van der Waals surface area (Å²) in [7, 11) is 0. The van der Waals surface area contributed by atoms with Gasteiger partial charge < -0.3 is 15.1 Å². The number of hydrogen-bond donors (Lipinski definition) is 1. The quantitative estimate of drug-likeness (QED) is 0.805. The monoisotopic (exact) mass is 351 g/mol. The molecule has 1 atom stereocenters. The van der Waals surface area contributed by atoms with Gasteiger partial charge in [0.2, 0.25) is 17.7 Å². The summed E-state index contributed by atoms with van der Waals surface area (Å²) in [6, 6.07) is 2.85. The Hall–Kier alpha value is -2.77. The van der Waals surface area contributed by atoms with Gasteiger partial charge in [-0.3, -0.25) is 14.4 Å². The molecule has 3 amide bonds. The molecule has 0 unspecified atom stereocenters. The number of benzene rings is 1. The van der Waals surface area contributed by atoms with Crippen LogP contribution in [0.5, 0.6) is 0 Å². The predicted octanol–water partition coefficient (Wildman–Crippen LogP) is 0.999. The van der Waals surface area contributed by atoms with Gasteiger partial charge in [-0.05, 0) is 30.7 Å². The van der Waals surface area contributed by atoms with Gasteiger partial charge in [-0.15, -0.1) is 0 Å². The van der Waals surface area contributed by atoms with E-state index in [1.807, 2.05) is 0 Å². The van der Waals surface area contributed by atoms with Gasteiger partial charge >= 0.3 is 0 Å². The van der Waals surface area contributed by atoms with Crippen LogP contribution < -0.4 is 5.32 Å². The summed E-state index contributed by atoms with van der Waals surface area (Å²) in [6.07, 6.45) is 1.14. The minimum absolute atomic E-state index is 0.100. The largest absolute Gasteiger partial charge is 0.348 e. The van der Waals surface area contributed by atoms with Gasteiger partial charge in [0.1, 0.15) is 6.54 Å². The number of amides is 3. The molecule has 1 heterocycles. The topological polar surface area (TPSA) is 69.7 Å². The Bertz CT molecular complexity index is 708. The molecule has 1 aliphatic heterocycles. The van der Waals surface area contributed by atoms with E-state index in [2.05, 4.69) is 11.9 Å². The van der Waals surface area contributed by atoms with Crippen molar-refractivity contribution in [1.82, 2.24) is 15.1 Å². The molecule has 1 aromatic carbocycles. The maximum atomic E-state index is 13.3. The van der Waals surface area contributed by atoms with E-state index in [9.17, 15) is 23.2 Å². The van der Waals surface area contributed by atoms with Crippen molar-refractivity contribution in [3.63, 3.8) is 0 Å². The maximum absolute atomic E-state index is 13.3. The lowest BCUT2D eigenvalue weighted by molar-refractivity contribution is -0.145. The van der Waals surface area contributed by atoms with Gasteiger partial charge in [0.05, 0.1) is 12.6 Å². The molecule has 0 spiro atoms. The summed E-state index contributed by atoms with van der Waals surface area (Å²) >= 11 is 0. The van der Waals surface area contributed by atoms with E-state index in [0.29, 0.717) is 12.1 Å². The molecule has 6 nitrogen and oxygen atoms in total. The first-order valence-corrected chi connectivity index (χ1v) is 7.75. The Morgan fingerprint density at radius 2 is 2.04 bits per heavy atom. The van der Waals surface area contributed by atoms with Crippen molar-refractivity contribution in [3.05, 3.63) is 48.1 Å². The number of halogens is 2. The Morgan fingerprint density at radius 1 is 1.32 bits per heavy atom. The molecule has 1 saturated heterocycles. The third-order valence-corrected chi connectivity index (χ3v) is 3.96. The summed E-state index contributed by atoms with van der Waals surface area (Å²) in [6.45, 7) is 5.30. The van der Waals surface area contributed by atoms with E-state index in [-0.39, 0.29) is 31.4 Å². The zero-order chi connectivity index (χ0) is 18.6. The fraction of sp³-hybridized carbons (Fsp3) is 0.353.